The number of esters is 13. The highest BCUT2D eigenvalue weighted by molar-refractivity contribution is 5.84. The van der Waals surface area contributed by atoms with E-state index in [9.17, 15) is 62.3 Å². The zero-order valence-corrected chi connectivity index (χ0v) is 79.4. The highest BCUT2D eigenvalue weighted by atomic mass is 16.6. The molecule has 0 aromatic rings. The maximum atomic E-state index is 13.1. The molecule has 28 fully saturated rings. The van der Waals surface area contributed by atoms with E-state index in [1.807, 2.05) is 0 Å². The number of carbonyl (C=O) groups is 13. The minimum atomic E-state index is -0.669. The molecule has 26 nitrogen and oxygen atoms in total. The molecule has 0 spiro atoms. The van der Waals surface area contributed by atoms with Crippen LogP contribution in [0, 0.1) is 168 Å². The minimum Gasteiger partial charge on any atom is -0.466 e. The van der Waals surface area contributed by atoms with Crippen LogP contribution in [0.4, 0.5) is 0 Å². The number of hydrogen-bond donors (Lipinski definition) is 0. The SMILES string of the molecule is C1CC2CCC1C2.CC(=O)OCC1CCOC1=O.CC(=O)OCC1CCOC1=O.CC1(C)CCCC2(C)C1CCC1(C)OC(=O)CC12.O=C1CC(C23CC4CC(CC(C4)C2)C3)CCO1.O=C1OCCC1CC12CC3CC(CC(C3)C1)C2.O=C1OCCC1COC(=O)C12CC3CC(C1)CC(C(=O)OCC1CCOC1=O)(C3)C2.O=C1OCCC1COC(=O)C12CC3CC(CC(C3)C1)C2. The normalized spacial score (nSPS) is 43.3. The van der Waals surface area contributed by atoms with Gasteiger partial charge in [-0.05, 0) is 355 Å². The maximum Gasteiger partial charge on any atom is 0.312 e. The van der Waals surface area contributed by atoms with Crippen molar-refractivity contribution < 1.29 is 124 Å². The molecule has 18 bridgehead atoms. The molecule has 8 aliphatic heterocycles. The zero-order chi connectivity index (χ0) is 92.0. The molecule has 0 amide bonds. The van der Waals surface area contributed by atoms with Crippen LogP contribution in [0.1, 0.15) is 324 Å². The van der Waals surface area contributed by atoms with Gasteiger partial charge >= 0.3 is 77.6 Å². The first-order chi connectivity index (χ1) is 62.6. The van der Waals surface area contributed by atoms with Gasteiger partial charge in [-0.3, -0.25) is 62.3 Å². The average molecular weight is 1830 g/mol. The number of hydrogen-bond acceptors (Lipinski definition) is 26. The first-order valence-electron chi connectivity index (χ1n) is 51.8. The van der Waals surface area contributed by atoms with Crippen molar-refractivity contribution in [1.29, 1.82) is 0 Å². The fourth-order valence-corrected chi connectivity index (χ4v) is 33.5. The molecule has 0 aromatic heterocycles. The monoisotopic (exact) mass is 1830 g/mol. The standard InChI is InChI=1S/C22H28O8.C16H22O4.C16H26O2.2C15H22O2.2C7H10O4.C7H12/c23-17-15(1-3-27-17)10-29-19(25)21-6-13-5-14(7-21)9-22(8-13,12-21)20(26)30-11-16-2-4-28-18(16)24;17-14-13(1-2-19-14)9-20-15(18)16-6-10-3-11(7-16)5-12(4-10)8-16;1-14(2)7-5-8-15(3)11(14)6-9-16(4)12(15)10-13(17)18-16;16-14-6-13(1-2-17-14)15-7-10-3-11(8-15)5-12(4-10)9-15;16-14-13(1-2-17-14)9-15-6-10-3-11(7-15)5-12(4-10)8-15;2*1-5(8)11-4-6-2-3-10-7(6)9;1-2-7-4-3-6(1)5-7/h13-16H,1-12H2;10-13H,1-9H2;11-12H,5-10H2,1-4H3;2*10-13H,1-9H2;2*6H,2-4H2,1H3;6-7H,1-5H2. The second-order valence-corrected chi connectivity index (χ2v) is 48.0. The molecule has 26 heteroatoms. The number of cyclic esters (lactones) is 7. The Morgan fingerprint density at radius 1 is 0.313 bits per heavy atom. The van der Waals surface area contributed by atoms with Crippen molar-refractivity contribution in [2.75, 3.05) is 79.3 Å². The summed E-state index contributed by atoms with van der Waals surface area (Å²) in [6.07, 6.45) is 50.8. The molecule has 20 saturated carbocycles. The van der Waals surface area contributed by atoms with Gasteiger partial charge in [0.2, 0.25) is 0 Å². The van der Waals surface area contributed by atoms with Gasteiger partial charge in [-0.15, -0.1) is 0 Å². The van der Waals surface area contributed by atoms with Crippen LogP contribution in [0.5, 0.6) is 0 Å². The van der Waals surface area contributed by atoms with Crippen LogP contribution in [-0.4, -0.2) is 162 Å². The molecular formula is C105H152O26. The van der Waals surface area contributed by atoms with Crippen LogP contribution in [0.15, 0.2) is 0 Å². The Balaban J connectivity index is 0.000000108. The molecule has 0 radical (unpaired) electrons. The van der Waals surface area contributed by atoms with Crippen molar-refractivity contribution in [2.45, 2.75) is 330 Å². The van der Waals surface area contributed by atoms with E-state index in [1.165, 1.54) is 148 Å². The van der Waals surface area contributed by atoms with Gasteiger partial charge in [-0.1, -0.05) is 52.9 Å². The Bertz CT molecular complexity index is 3970. The van der Waals surface area contributed by atoms with E-state index >= 15 is 0 Å². The second-order valence-electron chi connectivity index (χ2n) is 48.0. The summed E-state index contributed by atoms with van der Waals surface area (Å²) in [5.41, 5.74) is 0.112. The van der Waals surface area contributed by atoms with Crippen LogP contribution in [0.25, 0.3) is 0 Å². The minimum absolute atomic E-state index is 0.0312. The molecule has 11 atom stereocenters. The van der Waals surface area contributed by atoms with Gasteiger partial charge < -0.3 is 61.6 Å². The lowest BCUT2D eigenvalue weighted by Crippen LogP contribution is -2.58. The molecule has 131 heavy (non-hydrogen) atoms. The smallest absolute Gasteiger partial charge is 0.312 e. The summed E-state index contributed by atoms with van der Waals surface area (Å²) in [5, 5.41) is 0. The van der Waals surface area contributed by atoms with Gasteiger partial charge in [0.15, 0.2) is 0 Å². The lowest BCUT2D eigenvalue weighted by atomic mass is 9.44. The molecule has 8 saturated heterocycles. The molecule has 8 heterocycles. The Labute approximate surface area is 774 Å². The molecular weight excluding hydrogens is 1680 g/mol. The van der Waals surface area contributed by atoms with Crippen molar-refractivity contribution >= 4 is 77.6 Å². The fraction of sp³-hybridized carbons (Fsp3) is 0.876. The zero-order valence-electron chi connectivity index (χ0n) is 79.4. The Morgan fingerprint density at radius 2 is 0.641 bits per heavy atom. The second kappa shape index (κ2) is 39.7. The van der Waals surface area contributed by atoms with Crippen LogP contribution < -0.4 is 0 Å². The molecule has 28 aliphatic rings. The first-order valence-corrected chi connectivity index (χ1v) is 51.8. The van der Waals surface area contributed by atoms with E-state index in [0.29, 0.717) is 143 Å². The molecule has 728 valence electrons. The topological polar surface area (TPSA) is 342 Å². The predicted octanol–water partition coefficient (Wildman–Crippen LogP) is 16.8. The van der Waals surface area contributed by atoms with Gasteiger partial charge in [-0.2, -0.15) is 0 Å². The van der Waals surface area contributed by atoms with Crippen LogP contribution >= 0.6 is 0 Å². The molecule has 28 rings (SSSR count). The summed E-state index contributed by atoms with van der Waals surface area (Å²) in [5.74, 6) is 9.34. The third-order valence-corrected chi connectivity index (χ3v) is 37.9. The van der Waals surface area contributed by atoms with Crippen molar-refractivity contribution in [3.63, 3.8) is 0 Å². The maximum absolute atomic E-state index is 13.1. The molecule has 0 N–H and O–H groups in total. The van der Waals surface area contributed by atoms with Crippen molar-refractivity contribution in [1.82, 2.24) is 0 Å². The Morgan fingerprint density at radius 3 is 0.992 bits per heavy atom. The van der Waals surface area contributed by atoms with Gasteiger partial charge in [0.05, 0.1) is 104 Å². The predicted molar refractivity (Wildman–Crippen MR) is 471 cm³/mol. The number of rotatable bonds is 16. The Hall–Kier alpha value is -6.89. The third-order valence-electron chi connectivity index (χ3n) is 37.9. The quantitative estimate of drug-likeness (QED) is 0.102. The van der Waals surface area contributed by atoms with Crippen LogP contribution in [-0.2, 0) is 124 Å². The van der Waals surface area contributed by atoms with E-state index in [1.54, 1.807) is 32.1 Å². The van der Waals surface area contributed by atoms with Crippen molar-refractivity contribution in [2.24, 2.45) is 168 Å². The average Bonchev–Trinajstić information content (AvgIpc) is 1.60. The first kappa shape index (κ1) is 95.8. The summed E-state index contributed by atoms with van der Waals surface area (Å²) >= 11 is 0. The van der Waals surface area contributed by atoms with E-state index in [0.717, 1.165) is 136 Å². The molecule has 0 aromatic carbocycles. The summed E-state index contributed by atoms with van der Waals surface area (Å²) in [7, 11) is 0. The van der Waals surface area contributed by atoms with Gasteiger partial charge in [-0.25, -0.2) is 0 Å². The van der Waals surface area contributed by atoms with Crippen LogP contribution in [0.3, 0.4) is 0 Å². The van der Waals surface area contributed by atoms with E-state index in [-0.39, 0.29) is 157 Å². The molecule has 11 unspecified atom stereocenters. The van der Waals surface area contributed by atoms with Crippen molar-refractivity contribution in [3.8, 4) is 0 Å². The summed E-state index contributed by atoms with van der Waals surface area (Å²) in [4.78, 5) is 151. The third kappa shape index (κ3) is 21.6. The summed E-state index contributed by atoms with van der Waals surface area (Å²) < 4.78 is 66.2. The summed E-state index contributed by atoms with van der Waals surface area (Å²) in [6, 6.07) is 0. The van der Waals surface area contributed by atoms with E-state index < -0.39 is 10.8 Å². The molecule has 20 aliphatic carbocycles. The largest absolute Gasteiger partial charge is 0.466 e. The number of fused-ring (bicyclic) bond motifs is 5. The highest BCUT2D eigenvalue weighted by Gasteiger charge is 2.67. The number of ether oxygens (including phenoxy) is 13. The summed E-state index contributed by atoms with van der Waals surface area (Å²) in [6.45, 7) is 16.2. The highest BCUT2D eigenvalue weighted by Crippen LogP contribution is 2.70. The van der Waals surface area contributed by atoms with E-state index in [2.05, 4.69) is 46.6 Å². The van der Waals surface area contributed by atoms with Crippen LogP contribution in [0.2, 0.25) is 0 Å². The fourth-order valence-electron chi connectivity index (χ4n) is 33.5. The van der Waals surface area contributed by atoms with E-state index in [4.69, 9.17) is 42.6 Å². The van der Waals surface area contributed by atoms with Gasteiger partial charge in [0.25, 0.3) is 0 Å². The lowest BCUT2D eigenvalue weighted by Gasteiger charge is -2.60. The van der Waals surface area contributed by atoms with Gasteiger partial charge in [0.1, 0.15) is 38.6 Å². The van der Waals surface area contributed by atoms with Gasteiger partial charge in [0, 0.05) is 26.2 Å². The van der Waals surface area contributed by atoms with Crippen molar-refractivity contribution in [3.05, 3.63) is 0 Å². The number of carbonyl (C=O) groups excluding carboxylic acids is 13. The Kier molecular flexibility index (Phi) is 29.0. The lowest BCUT2D eigenvalue weighted by molar-refractivity contribution is -0.195.